The maximum absolute atomic E-state index is 11.0. The fourth-order valence-electron chi connectivity index (χ4n) is 0.775. The van der Waals surface area contributed by atoms with E-state index in [0.29, 0.717) is 0 Å². The average Bonchev–Trinajstić information content (AvgIpc) is 1.96. The molecule has 1 atom stereocenters. The van der Waals surface area contributed by atoms with Gasteiger partial charge < -0.3 is 10.6 Å². The van der Waals surface area contributed by atoms with Crippen molar-refractivity contribution < 1.29 is 9.59 Å². The molecule has 6 heteroatoms. The minimum Gasteiger partial charge on any atom is -0.333 e. The molecule has 2 N–H and O–H groups in total. The molecule has 12 heavy (non-hydrogen) atoms. The fraction of sp³-hybridized carbons (Fsp3) is 0.333. The van der Waals surface area contributed by atoms with E-state index in [1.807, 2.05) is 22.9 Å². The third-order valence-electron chi connectivity index (χ3n) is 1.24. The van der Waals surface area contributed by atoms with Gasteiger partial charge in [-0.05, 0) is 6.08 Å². The highest BCUT2D eigenvalue weighted by molar-refractivity contribution is 14.1. The molecule has 1 heterocycles. The van der Waals surface area contributed by atoms with Crippen LogP contribution in [0.2, 0.25) is 0 Å². The Bertz CT molecular complexity index is 241. The van der Waals surface area contributed by atoms with Crippen molar-refractivity contribution in [2.45, 2.75) is 13.1 Å². The third kappa shape index (κ3) is 2.36. The minimum absolute atomic E-state index is 0.174. The van der Waals surface area contributed by atoms with Crippen LogP contribution in [0, 0.1) is 0 Å². The van der Waals surface area contributed by atoms with Gasteiger partial charge in [0.05, 0.1) is 22.9 Å². The molecule has 0 aromatic rings. The van der Waals surface area contributed by atoms with Gasteiger partial charge in [-0.25, -0.2) is 7.91 Å². The molecule has 0 aliphatic carbocycles. The van der Waals surface area contributed by atoms with Gasteiger partial charge in [-0.15, -0.1) is 0 Å². The van der Waals surface area contributed by atoms with E-state index >= 15 is 0 Å². The molecular weight excluding hydrogens is 273 g/mol. The maximum Gasteiger partial charge on any atom is 0.332 e. The number of carbonyl (C=O) groups excluding carboxylic acids is 2. The molecule has 0 fully saturated rings. The van der Waals surface area contributed by atoms with E-state index in [1.165, 1.54) is 10.0 Å². The standard InChI is InChI=1S/C6H8IN3O2/c1-4(11)8-5-2-3-10(7)6(12)9-5/h2-3,5H,1H3,(H,8,11)(H,9,12). The number of halogens is 1. The van der Waals surface area contributed by atoms with E-state index in [1.54, 1.807) is 12.3 Å². The van der Waals surface area contributed by atoms with Gasteiger partial charge in [0.25, 0.3) is 0 Å². The van der Waals surface area contributed by atoms with E-state index in [2.05, 4.69) is 10.6 Å². The van der Waals surface area contributed by atoms with Crippen LogP contribution in [0.25, 0.3) is 0 Å². The Morgan fingerprint density at radius 3 is 3.00 bits per heavy atom. The van der Waals surface area contributed by atoms with Gasteiger partial charge in [-0.3, -0.25) is 4.79 Å². The smallest absolute Gasteiger partial charge is 0.332 e. The Labute approximate surface area is 83.7 Å². The van der Waals surface area contributed by atoms with Crippen molar-refractivity contribution in [1.82, 2.24) is 13.7 Å². The topological polar surface area (TPSA) is 61.4 Å². The summed E-state index contributed by atoms with van der Waals surface area (Å²) in [5.74, 6) is -0.174. The SMILES string of the molecule is CC(=O)NC1C=CN(I)C(=O)N1. The number of urea groups is 1. The van der Waals surface area contributed by atoms with Crippen LogP contribution in [0.4, 0.5) is 4.79 Å². The molecule has 1 unspecified atom stereocenters. The number of nitrogens with zero attached hydrogens (tertiary/aromatic N) is 1. The molecule has 3 amide bonds. The van der Waals surface area contributed by atoms with E-state index in [-0.39, 0.29) is 18.1 Å². The van der Waals surface area contributed by atoms with Gasteiger partial charge in [0.15, 0.2) is 0 Å². The number of hydrogen-bond acceptors (Lipinski definition) is 2. The lowest BCUT2D eigenvalue weighted by atomic mass is 10.4. The normalized spacial score (nSPS) is 22.0. The van der Waals surface area contributed by atoms with Crippen LogP contribution in [0.5, 0.6) is 0 Å². The van der Waals surface area contributed by atoms with Gasteiger partial charge in [0.2, 0.25) is 5.91 Å². The average molecular weight is 281 g/mol. The summed E-state index contributed by atoms with van der Waals surface area (Å²) in [5, 5.41) is 5.10. The predicted molar refractivity (Wildman–Crippen MR) is 51.1 cm³/mol. The molecule has 0 spiro atoms. The highest BCUT2D eigenvalue weighted by Crippen LogP contribution is 2.05. The number of carbonyl (C=O) groups is 2. The summed E-state index contributed by atoms with van der Waals surface area (Å²) in [6.07, 6.45) is 2.90. The summed E-state index contributed by atoms with van der Waals surface area (Å²) in [6.45, 7) is 1.40. The van der Waals surface area contributed by atoms with Crippen LogP contribution >= 0.6 is 22.9 Å². The van der Waals surface area contributed by atoms with Crippen LogP contribution in [0.15, 0.2) is 12.3 Å². The first kappa shape index (κ1) is 9.30. The Kier molecular flexibility index (Phi) is 2.90. The summed E-state index contributed by atoms with van der Waals surface area (Å²) in [7, 11) is 0. The highest BCUT2D eigenvalue weighted by Gasteiger charge is 2.17. The number of rotatable bonds is 1. The molecule has 0 saturated heterocycles. The molecule has 0 radical (unpaired) electrons. The lowest BCUT2D eigenvalue weighted by Gasteiger charge is -2.23. The third-order valence-corrected chi connectivity index (χ3v) is 2.00. The minimum atomic E-state index is -0.388. The van der Waals surface area contributed by atoms with Crippen molar-refractivity contribution >= 4 is 34.8 Å². The summed E-state index contributed by atoms with van der Waals surface area (Å²) < 4.78 is 1.37. The number of amides is 3. The maximum atomic E-state index is 11.0. The van der Waals surface area contributed by atoms with Crippen LogP contribution < -0.4 is 10.6 Å². The monoisotopic (exact) mass is 281 g/mol. The summed E-state index contributed by atoms with van der Waals surface area (Å²) in [4.78, 5) is 21.6. The molecule has 0 saturated carbocycles. The molecule has 1 aliphatic rings. The first-order valence-corrected chi connectivity index (χ1v) is 4.27. The van der Waals surface area contributed by atoms with Crippen molar-refractivity contribution in [2.75, 3.05) is 0 Å². The second kappa shape index (κ2) is 3.74. The van der Waals surface area contributed by atoms with Crippen molar-refractivity contribution in [2.24, 2.45) is 0 Å². The summed E-state index contributed by atoms with van der Waals surface area (Å²) in [5.41, 5.74) is 0. The molecule has 0 bridgehead atoms. The van der Waals surface area contributed by atoms with Gasteiger partial charge in [-0.2, -0.15) is 0 Å². The zero-order valence-electron chi connectivity index (χ0n) is 6.37. The summed E-state index contributed by atoms with van der Waals surface area (Å²) in [6, 6.07) is -0.239. The van der Waals surface area contributed by atoms with E-state index in [4.69, 9.17) is 0 Å². The molecule has 66 valence electrons. The molecule has 1 aliphatic heterocycles. The molecule has 0 aromatic carbocycles. The largest absolute Gasteiger partial charge is 0.333 e. The molecule has 0 aromatic heterocycles. The van der Waals surface area contributed by atoms with E-state index < -0.39 is 0 Å². The molecule has 5 nitrogen and oxygen atoms in total. The predicted octanol–water partition coefficient (Wildman–Crippen LogP) is 0.338. The van der Waals surface area contributed by atoms with Crippen molar-refractivity contribution in [1.29, 1.82) is 0 Å². The number of hydrogen-bond donors (Lipinski definition) is 2. The van der Waals surface area contributed by atoms with Crippen LogP contribution in [-0.4, -0.2) is 21.2 Å². The lowest BCUT2D eigenvalue weighted by molar-refractivity contribution is -0.119. The van der Waals surface area contributed by atoms with Gasteiger partial charge in [0.1, 0.15) is 6.17 Å². The van der Waals surface area contributed by atoms with Gasteiger partial charge in [0, 0.05) is 13.1 Å². The zero-order valence-corrected chi connectivity index (χ0v) is 8.53. The first-order chi connectivity index (χ1) is 5.59. The van der Waals surface area contributed by atoms with Crippen LogP contribution in [0.1, 0.15) is 6.92 Å². The Balaban J connectivity index is 2.55. The van der Waals surface area contributed by atoms with Gasteiger partial charge in [-0.1, -0.05) is 0 Å². The van der Waals surface area contributed by atoms with Crippen molar-refractivity contribution in [3.05, 3.63) is 12.3 Å². The van der Waals surface area contributed by atoms with Crippen LogP contribution in [-0.2, 0) is 4.79 Å². The molecular formula is C6H8IN3O2. The lowest BCUT2D eigenvalue weighted by Crippen LogP contribution is -2.50. The Hall–Kier alpha value is -0.790. The Morgan fingerprint density at radius 2 is 2.50 bits per heavy atom. The van der Waals surface area contributed by atoms with Gasteiger partial charge >= 0.3 is 6.03 Å². The number of nitrogens with one attached hydrogen (secondary N) is 2. The first-order valence-electron chi connectivity index (χ1n) is 3.30. The fourth-order valence-corrected chi connectivity index (χ4v) is 1.10. The highest BCUT2D eigenvalue weighted by atomic mass is 127. The quantitative estimate of drug-likeness (QED) is 0.537. The van der Waals surface area contributed by atoms with Crippen molar-refractivity contribution in [3.63, 3.8) is 0 Å². The summed E-state index contributed by atoms with van der Waals surface area (Å²) >= 11 is 1.85. The second-order valence-electron chi connectivity index (χ2n) is 2.28. The van der Waals surface area contributed by atoms with Crippen LogP contribution in [0.3, 0.4) is 0 Å². The molecule has 1 rings (SSSR count). The van der Waals surface area contributed by atoms with Crippen molar-refractivity contribution in [3.8, 4) is 0 Å². The zero-order chi connectivity index (χ0) is 9.14. The van der Waals surface area contributed by atoms with E-state index in [9.17, 15) is 9.59 Å². The van der Waals surface area contributed by atoms with E-state index in [0.717, 1.165) is 0 Å². The second-order valence-corrected chi connectivity index (χ2v) is 3.32. The Morgan fingerprint density at radius 1 is 1.83 bits per heavy atom.